The van der Waals surface area contributed by atoms with E-state index in [0.29, 0.717) is 5.39 Å². The van der Waals surface area contributed by atoms with Crippen LogP contribution >= 0.6 is 0 Å². The number of benzene rings is 1. The van der Waals surface area contributed by atoms with E-state index in [1.165, 1.54) is 6.07 Å². The number of nitrogens with zero attached hydrogens (tertiary/aromatic N) is 1. The normalized spacial score (nSPS) is 11.6. The second kappa shape index (κ2) is 4.79. The SMILES string of the molecule is CCOC(=O)c1n[nH]c2cc(OC(F)(F)F)ccc12. The van der Waals surface area contributed by atoms with Crippen molar-refractivity contribution in [2.45, 2.75) is 13.3 Å². The molecule has 0 amide bonds. The molecule has 5 nitrogen and oxygen atoms in total. The van der Waals surface area contributed by atoms with E-state index in [-0.39, 0.29) is 23.6 Å². The number of alkyl halides is 3. The zero-order chi connectivity index (χ0) is 14.0. The first-order valence-corrected chi connectivity index (χ1v) is 5.31. The zero-order valence-corrected chi connectivity index (χ0v) is 9.75. The van der Waals surface area contributed by atoms with Crippen molar-refractivity contribution in [3.63, 3.8) is 0 Å². The average Bonchev–Trinajstić information content (AvgIpc) is 2.70. The minimum atomic E-state index is -4.77. The fourth-order valence-electron chi connectivity index (χ4n) is 1.55. The predicted molar refractivity (Wildman–Crippen MR) is 58.7 cm³/mol. The molecule has 0 saturated carbocycles. The molecule has 0 aliphatic rings. The van der Waals surface area contributed by atoms with Gasteiger partial charge in [0, 0.05) is 11.5 Å². The maximum absolute atomic E-state index is 12.1. The molecule has 1 N–H and O–H groups in total. The van der Waals surface area contributed by atoms with Gasteiger partial charge in [0.2, 0.25) is 0 Å². The third kappa shape index (κ3) is 2.95. The van der Waals surface area contributed by atoms with Crippen LogP contribution in [-0.2, 0) is 4.74 Å². The van der Waals surface area contributed by atoms with Crippen molar-refractivity contribution in [1.29, 1.82) is 0 Å². The van der Waals surface area contributed by atoms with Gasteiger partial charge >= 0.3 is 12.3 Å². The lowest BCUT2D eigenvalue weighted by molar-refractivity contribution is -0.274. The molecule has 0 bridgehead atoms. The summed E-state index contributed by atoms with van der Waals surface area (Å²) in [7, 11) is 0. The number of carbonyl (C=O) groups excluding carboxylic acids is 1. The number of fused-ring (bicyclic) bond motifs is 1. The molecule has 0 atom stereocenters. The first-order chi connectivity index (χ1) is 8.90. The van der Waals surface area contributed by atoms with Crippen molar-refractivity contribution in [3.05, 3.63) is 23.9 Å². The van der Waals surface area contributed by atoms with Crippen molar-refractivity contribution < 1.29 is 27.4 Å². The quantitative estimate of drug-likeness (QED) is 0.874. The Morgan fingerprint density at radius 1 is 1.42 bits per heavy atom. The van der Waals surface area contributed by atoms with E-state index < -0.39 is 12.3 Å². The standard InChI is InChI=1S/C11H9F3N2O3/c1-2-18-10(17)9-7-4-3-6(19-11(12,13)14)5-8(7)15-16-9/h3-5H,2H2,1H3,(H,15,16). The van der Waals surface area contributed by atoms with E-state index in [0.717, 1.165) is 12.1 Å². The third-order valence-corrected chi connectivity index (χ3v) is 2.24. The number of hydrogen-bond acceptors (Lipinski definition) is 4. The van der Waals surface area contributed by atoms with E-state index in [1.807, 2.05) is 0 Å². The Balaban J connectivity index is 2.34. The fourth-order valence-corrected chi connectivity index (χ4v) is 1.55. The molecule has 0 saturated heterocycles. The van der Waals surface area contributed by atoms with Crippen LogP contribution in [0.4, 0.5) is 13.2 Å². The molecular weight excluding hydrogens is 265 g/mol. The molecule has 0 unspecified atom stereocenters. The lowest BCUT2D eigenvalue weighted by Gasteiger charge is -2.08. The highest BCUT2D eigenvalue weighted by molar-refractivity contribution is 6.02. The third-order valence-electron chi connectivity index (χ3n) is 2.24. The van der Waals surface area contributed by atoms with E-state index in [2.05, 4.69) is 14.9 Å². The van der Waals surface area contributed by atoms with Gasteiger partial charge in [-0.1, -0.05) is 0 Å². The van der Waals surface area contributed by atoms with Gasteiger partial charge in [0.1, 0.15) is 5.75 Å². The second-order valence-electron chi connectivity index (χ2n) is 3.55. The molecule has 0 fully saturated rings. The summed E-state index contributed by atoms with van der Waals surface area (Å²) in [4.78, 5) is 11.5. The Morgan fingerprint density at radius 3 is 2.79 bits per heavy atom. The van der Waals surface area contributed by atoms with E-state index in [1.54, 1.807) is 6.92 Å². The lowest BCUT2D eigenvalue weighted by atomic mass is 10.2. The molecular formula is C11H9F3N2O3. The molecule has 8 heteroatoms. The largest absolute Gasteiger partial charge is 0.573 e. The Labute approximate surface area is 105 Å². The number of esters is 1. The summed E-state index contributed by atoms with van der Waals surface area (Å²) >= 11 is 0. The molecule has 1 heterocycles. The molecule has 1 aromatic carbocycles. The molecule has 0 aliphatic heterocycles. The van der Waals surface area contributed by atoms with Crippen LogP contribution in [0.1, 0.15) is 17.4 Å². The lowest BCUT2D eigenvalue weighted by Crippen LogP contribution is -2.17. The van der Waals surface area contributed by atoms with Crippen LogP contribution < -0.4 is 4.74 Å². The van der Waals surface area contributed by atoms with Crippen LogP contribution in [0.2, 0.25) is 0 Å². The van der Waals surface area contributed by atoms with Crippen molar-refractivity contribution in [2.24, 2.45) is 0 Å². The Morgan fingerprint density at radius 2 is 2.16 bits per heavy atom. The maximum Gasteiger partial charge on any atom is 0.573 e. The second-order valence-corrected chi connectivity index (χ2v) is 3.55. The number of ether oxygens (including phenoxy) is 2. The summed E-state index contributed by atoms with van der Waals surface area (Å²) in [6.45, 7) is 1.82. The van der Waals surface area contributed by atoms with Crippen molar-refractivity contribution in [3.8, 4) is 5.75 Å². The van der Waals surface area contributed by atoms with Gasteiger partial charge in [-0.3, -0.25) is 5.10 Å². The molecule has 0 spiro atoms. The van der Waals surface area contributed by atoms with E-state index >= 15 is 0 Å². The van der Waals surface area contributed by atoms with Gasteiger partial charge in [0.25, 0.3) is 0 Å². The number of hydrogen-bond donors (Lipinski definition) is 1. The Hall–Kier alpha value is -2.25. The Bertz CT molecular complexity index is 607. The topological polar surface area (TPSA) is 64.2 Å². The van der Waals surface area contributed by atoms with Crippen LogP contribution in [0.5, 0.6) is 5.75 Å². The fraction of sp³-hybridized carbons (Fsp3) is 0.273. The number of H-pyrrole nitrogens is 1. The summed E-state index contributed by atoms with van der Waals surface area (Å²) in [5, 5.41) is 6.54. The number of nitrogens with one attached hydrogen (secondary N) is 1. The van der Waals surface area contributed by atoms with Gasteiger partial charge in [0.15, 0.2) is 5.69 Å². The molecule has 1 aromatic heterocycles. The number of carbonyl (C=O) groups is 1. The summed E-state index contributed by atoms with van der Waals surface area (Å²) in [6.07, 6.45) is -4.77. The monoisotopic (exact) mass is 274 g/mol. The van der Waals surface area contributed by atoms with Crippen molar-refractivity contribution in [1.82, 2.24) is 10.2 Å². The van der Waals surface area contributed by atoms with Gasteiger partial charge < -0.3 is 9.47 Å². The first-order valence-electron chi connectivity index (χ1n) is 5.31. The first kappa shape index (κ1) is 13.2. The minimum absolute atomic E-state index is 0.0235. The van der Waals surface area contributed by atoms with Crippen molar-refractivity contribution in [2.75, 3.05) is 6.61 Å². The highest BCUT2D eigenvalue weighted by Crippen LogP contribution is 2.27. The summed E-state index contributed by atoms with van der Waals surface area (Å²) in [6, 6.07) is 3.53. The van der Waals surface area contributed by atoms with Gasteiger partial charge in [-0.05, 0) is 19.1 Å². The molecule has 2 aromatic rings. The number of aromatic nitrogens is 2. The van der Waals surface area contributed by atoms with Crippen LogP contribution in [0.25, 0.3) is 10.9 Å². The Kier molecular flexibility index (Phi) is 3.32. The molecule has 102 valence electrons. The van der Waals surface area contributed by atoms with E-state index in [9.17, 15) is 18.0 Å². The maximum atomic E-state index is 12.1. The van der Waals surface area contributed by atoms with Crippen LogP contribution in [0.3, 0.4) is 0 Å². The van der Waals surface area contributed by atoms with Crippen LogP contribution in [0, 0.1) is 0 Å². The number of halogens is 3. The van der Waals surface area contributed by atoms with Crippen LogP contribution in [-0.4, -0.2) is 29.1 Å². The summed E-state index contributed by atoms with van der Waals surface area (Å²) in [5.74, 6) is -1.03. The number of aromatic amines is 1. The van der Waals surface area contributed by atoms with Gasteiger partial charge in [-0.2, -0.15) is 5.10 Å². The molecule has 19 heavy (non-hydrogen) atoms. The van der Waals surface area contributed by atoms with Gasteiger partial charge in [-0.15, -0.1) is 13.2 Å². The highest BCUT2D eigenvalue weighted by atomic mass is 19.4. The predicted octanol–water partition coefficient (Wildman–Crippen LogP) is 2.64. The average molecular weight is 274 g/mol. The van der Waals surface area contributed by atoms with Crippen molar-refractivity contribution >= 4 is 16.9 Å². The minimum Gasteiger partial charge on any atom is -0.461 e. The van der Waals surface area contributed by atoms with Gasteiger partial charge in [-0.25, -0.2) is 4.79 Å². The summed E-state index contributed by atoms with van der Waals surface area (Å²) in [5.41, 5.74) is 0.278. The highest BCUT2D eigenvalue weighted by Gasteiger charge is 2.31. The molecule has 2 rings (SSSR count). The van der Waals surface area contributed by atoms with Crippen LogP contribution in [0.15, 0.2) is 18.2 Å². The number of rotatable bonds is 3. The van der Waals surface area contributed by atoms with Gasteiger partial charge in [0.05, 0.1) is 12.1 Å². The molecule has 0 radical (unpaired) electrons. The molecule has 0 aliphatic carbocycles. The summed E-state index contributed by atoms with van der Waals surface area (Å²) < 4.78 is 44.7. The smallest absolute Gasteiger partial charge is 0.461 e. The van der Waals surface area contributed by atoms with E-state index in [4.69, 9.17) is 4.74 Å². The zero-order valence-electron chi connectivity index (χ0n) is 9.75.